The van der Waals surface area contributed by atoms with Crippen LogP contribution in [-0.4, -0.2) is 49.0 Å². The average molecular weight is 301 g/mol. The summed E-state index contributed by atoms with van der Waals surface area (Å²) in [6, 6.07) is 0.810. The van der Waals surface area contributed by atoms with E-state index in [0.29, 0.717) is 32.6 Å². The molecule has 1 aromatic heterocycles. The number of hydrogen-bond donors (Lipinski definition) is 2. The topological polar surface area (TPSA) is 57.6 Å². The Labute approximate surface area is 122 Å². The van der Waals surface area contributed by atoms with Crippen LogP contribution >= 0.6 is 0 Å². The lowest BCUT2D eigenvalue weighted by molar-refractivity contribution is -0.0573. The van der Waals surface area contributed by atoms with Crippen LogP contribution in [-0.2, 0) is 4.74 Å². The van der Waals surface area contributed by atoms with Crippen molar-refractivity contribution in [1.29, 1.82) is 0 Å². The number of nitrogens with zero attached hydrogens (tertiary/aromatic N) is 2. The fraction of sp³-hybridized carbons (Fsp3) is 0.643. The molecule has 2 heterocycles. The first-order valence-corrected chi connectivity index (χ1v) is 7.06. The largest absolute Gasteiger partial charge is 0.388 e. The zero-order valence-electron chi connectivity index (χ0n) is 12.3. The lowest BCUT2D eigenvalue weighted by atomic mass is 9.94. The van der Waals surface area contributed by atoms with E-state index in [2.05, 4.69) is 10.3 Å². The van der Waals surface area contributed by atoms with E-state index >= 15 is 0 Å². The van der Waals surface area contributed by atoms with Gasteiger partial charge in [-0.25, -0.2) is 13.8 Å². The number of aromatic nitrogens is 1. The molecule has 0 unspecified atom stereocenters. The molecule has 7 heteroatoms. The van der Waals surface area contributed by atoms with Gasteiger partial charge >= 0.3 is 0 Å². The number of nitrogens with one attached hydrogen (secondary N) is 1. The summed E-state index contributed by atoms with van der Waals surface area (Å²) in [5.74, 6) is -1.43. The van der Waals surface area contributed by atoms with E-state index in [0.717, 1.165) is 6.07 Å². The van der Waals surface area contributed by atoms with Crippen molar-refractivity contribution in [3.05, 3.63) is 17.7 Å². The summed E-state index contributed by atoms with van der Waals surface area (Å²) in [7, 11) is 1.63. The van der Waals surface area contributed by atoms with Crippen LogP contribution in [0, 0.1) is 11.6 Å². The number of hydrogen-bond acceptors (Lipinski definition) is 5. The summed E-state index contributed by atoms with van der Waals surface area (Å²) < 4.78 is 32.7. The first kappa shape index (κ1) is 15.9. The van der Waals surface area contributed by atoms with Gasteiger partial charge in [-0.05, 0) is 6.92 Å². The van der Waals surface area contributed by atoms with Crippen molar-refractivity contribution in [3.63, 3.8) is 0 Å². The summed E-state index contributed by atoms with van der Waals surface area (Å²) in [4.78, 5) is 5.50. The molecule has 0 amide bonds. The van der Waals surface area contributed by atoms with Crippen molar-refractivity contribution < 1.29 is 18.6 Å². The van der Waals surface area contributed by atoms with Gasteiger partial charge in [0.05, 0.1) is 5.60 Å². The zero-order valence-corrected chi connectivity index (χ0v) is 12.3. The molecule has 1 aliphatic heterocycles. The van der Waals surface area contributed by atoms with Crippen molar-refractivity contribution >= 4 is 11.6 Å². The molecule has 1 aliphatic rings. The summed E-state index contributed by atoms with van der Waals surface area (Å²) >= 11 is 0. The fourth-order valence-electron chi connectivity index (χ4n) is 2.44. The van der Waals surface area contributed by atoms with Crippen LogP contribution in [0.15, 0.2) is 6.07 Å². The monoisotopic (exact) mass is 301 g/mol. The van der Waals surface area contributed by atoms with Gasteiger partial charge in [0.1, 0.15) is 0 Å². The normalized spacial score (nSPS) is 17.6. The third-order valence-electron chi connectivity index (χ3n) is 3.57. The molecule has 0 radical (unpaired) electrons. The molecule has 0 spiro atoms. The second-order valence-corrected chi connectivity index (χ2v) is 5.35. The van der Waals surface area contributed by atoms with Crippen LogP contribution in [0.3, 0.4) is 0 Å². The lowest BCUT2D eigenvalue weighted by Crippen LogP contribution is -2.46. The lowest BCUT2D eigenvalue weighted by Gasteiger charge is -2.35. The third kappa shape index (κ3) is 3.79. The number of ether oxygens (including phenoxy) is 1. The maximum Gasteiger partial charge on any atom is 0.168 e. The van der Waals surface area contributed by atoms with Gasteiger partial charge in [-0.15, -0.1) is 0 Å². The maximum atomic E-state index is 13.9. The summed E-state index contributed by atoms with van der Waals surface area (Å²) in [5, 5.41) is 13.2. The molecule has 0 saturated carbocycles. The number of aliphatic hydroxyl groups is 1. The molecule has 21 heavy (non-hydrogen) atoms. The number of anilines is 2. The zero-order chi connectivity index (χ0) is 15.5. The number of likely N-dealkylation sites (N-methyl/N-ethyl adjacent to an activating group) is 1. The number of halogens is 2. The van der Waals surface area contributed by atoms with E-state index in [1.807, 2.05) is 0 Å². The van der Waals surface area contributed by atoms with Crippen LogP contribution in [0.2, 0.25) is 0 Å². The molecule has 1 aromatic rings. The minimum absolute atomic E-state index is 0.0136. The van der Waals surface area contributed by atoms with E-state index in [1.165, 1.54) is 4.90 Å². The van der Waals surface area contributed by atoms with Gasteiger partial charge < -0.3 is 20.1 Å². The van der Waals surface area contributed by atoms with Crippen molar-refractivity contribution in [2.75, 3.05) is 43.6 Å². The fourth-order valence-corrected chi connectivity index (χ4v) is 2.44. The minimum atomic E-state index is -0.937. The second kappa shape index (κ2) is 6.53. The molecule has 0 aliphatic carbocycles. The molecule has 0 aromatic carbocycles. The maximum absolute atomic E-state index is 13.9. The van der Waals surface area contributed by atoms with E-state index < -0.39 is 17.2 Å². The van der Waals surface area contributed by atoms with Gasteiger partial charge in [0.2, 0.25) is 0 Å². The molecule has 2 N–H and O–H groups in total. The highest BCUT2D eigenvalue weighted by Crippen LogP contribution is 2.26. The molecule has 0 bridgehead atoms. The predicted octanol–water partition coefficient (Wildman–Crippen LogP) is 1.77. The van der Waals surface area contributed by atoms with Crippen molar-refractivity contribution in [3.8, 4) is 0 Å². The first-order chi connectivity index (χ1) is 9.95. The number of rotatable bonds is 5. The predicted molar refractivity (Wildman–Crippen MR) is 76.6 cm³/mol. The molecule has 1 fully saturated rings. The van der Waals surface area contributed by atoms with Crippen molar-refractivity contribution in [2.45, 2.75) is 25.4 Å². The standard InChI is InChI=1S/C14H21F2N3O2/c1-3-17-12-10(15)8-11(16)13(18-12)19(2)9-14(20)4-6-21-7-5-14/h8,20H,3-7,9H2,1-2H3,(H,17,18). The van der Waals surface area contributed by atoms with Crippen LogP contribution in [0.25, 0.3) is 0 Å². The summed E-state index contributed by atoms with van der Waals surface area (Å²) in [6.07, 6.45) is 0.973. The quantitative estimate of drug-likeness (QED) is 0.868. The molecule has 0 atom stereocenters. The Hall–Kier alpha value is -1.47. The van der Waals surface area contributed by atoms with E-state index in [9.17, 15) is 13.9 Å². The highest BCUT2D eigenvalue weighted by molar-refractivity contribution is 5.49. The SMILES string of the molecule is CCNc1nc(N(C)CC2(O)CCOCC2)c(F)cc1F. The smallest absolute Gasteiger partial charge is 0.168 e. The minimum Gasteiger partial charge on any atom is -0.388 e. The summed E-state index contributed by atoms with van der Waals surface area (Å²) in [5.41, 5.74) is -0.937. The van der Waals surface area contributed by atoms with Crippen LogP contribution in [0.1, 0.15) is 19.8 Å². The van der Waals surface area contributed by atoms with Gasteiger partial charge in [-0.3, -0.25) is 0 Å². The second-order valence-electron chi connectivity index (χ2n) is 5.35. The van der Waals surface area contributed by atoms with Crippen molar-refractivity contribution in [1.82, 2.24) is 4.98 Å². The first-order valence-electron chi connectivity index (χ1n) is 7.06. The van der Waals surface area contributed by atoms with Gasteiger partial charge in [-0.1, -0.05) is 0 Å². The van der Waals surface area contributed by atoms with Gasteiger partial charge in [0.15, 0.2) is 23.3 Å². The Morgan fingerprint density at radius 3 is 2.67 bits per heavy atom. The van der Waals surface area contributed by atoms with E-state index in [4.69, 9.17) is 4.74 Å². The highest BCUT2D eigenvalue weighted by Gasteiger charge is 2.32. The molecule has 2 rings (SSSR count). The van der Waals surface area contributed by atoms with Gasteiger partial charge in [0.25, 0.3) is 0 Å². The number of pyridine rings is 1. The Balaban J connectivity index is 2.17. The Morgan fingerprint density at radius 1 is 1.38 bits per heavy atom. The Bertz CT molecular complexity index is 493. The average Bonchev–Trinajstić information content (AvgIpc) is 2.42. The molecule has 5 nitrogen and oxygen atoms in total. The van der Waals surface area contributed by atoms with E-state index in [1.54, 1.807) is 14.0 Å². The molecule has 118 valence electrons. The highest BCUT2D eigenvalue weighted by atomic mass is 19.1. The molecular formula is C14H21F2N3O2. The Kier molecular flexibility index (Phi) is 4.95. The molecular weight excluding hydrogens is 280 g/mol. The van der Waals surface area contributed by atoms with Gasteiger partial charge in [-0.2, -0.15) is 0 Å². The van der Waals surface area contributed by atoms with Crippen LogP contribution in [0.5, 0.6) is 0 Å². The molecule has 1 saturated heterocycles. The van der Waals surface area contributed by atoms with Crippen LogP contribution in [0.4, 0.5) is 20.4 Å². The van der Waals surface area contributed by atoms with Crippen LogP contribution < -0.4 is 10.2 Å². The van der Waals surface area contributed by atoms with Gasteiger partial charge in [0, 0.05) is 52.3 Å². The van der Waals surface area contributed by atoms with Crippen molar-refractivity contribution in [2.24, 2.45) is 0 Å². The third-order valence-corrected chi connectivity index (χ3v) is 3.57. The van der Waals surface area contributed by atoms with E-state index in [-0.39, 0.29) is 18.2 Å². The Morgan fingerprint density at radius 2 is 2.05 bits per heavy atom. The summed E-state index contributed by atoms with van der Waals surface area (Å²) in [6.45, 7) is 3.47.